The molecule has 0 heterocycles. The molecule has 1 atom stereocenters. The molecule has 164 valence electrons. The molecule has 0 unspecified atom stereocenters. The lowest BCUT2D eigenvalue weighted by Gasteiger charge is -2.30. The lowest BCUT2D eigenvalue weighted by Crippen LogP contribution is -2.53. The molecule has 30 heavy (non-hydrogen) atoms. The van der Waals surface area contributed by atoms with E-state index in [1.165, 1.54) is 13.8 Å². The molecular weight excluding hydrogens is 410 g/mol. The topological polar surface area (TPSA) is 119 Å². The molecule has 1 fully saturated rings. The Balaban J connectivity index is 1.86. The molecule has 0 aromatic heterocycles. The van der Waals surface area contributed by atoms with E-state index in [4.69, 9.17) is 9.47 Å². The zero-order chi connectivity index (χ0) is 22.1. The van der Waals surface area contributed by atoms with Gasteiger partial charge in [0.2, 0.25) is 6.79 Å². The summed E-state index contributed by atoms with van der Waals surface area (Å²) in [7, 11) is 0. The molecule has 1 aliphatic carbocycles. The SMILES string of the molecule is CC(C)(SC(=O)OCOC(=O)C1CCCCC1)[C@@H](NC(=O)c1ccccc1)C(=O)O. The van der Waals surface area contributed by atoms with Gasteiger partial charge in [-0.25, -0.2) is 9.59 Å². The number of esters is 1. The highest BCUT2D eigenvalue weighted by molar-refractivity contribution is 8.14. The van der Waals surface area contributed by atoms with Gasteiger partial charge in [0.15, 0.2) is 0 Å². The van der Waals surface area contributed by atoms with Crippen molar-refractivity contribution in [1.29, 1.82) is 0 Å². The van der Waals surface area contributed by atoms with Crippen LogP contribution in [0.5, 0.6) is 0 Å². The van der Waals surface area contributed by atoms with Crippen molar-refractivity contribution in [3.8, 4) is 0 Å². The number of nitrogens with one attached hydrogen (secondary N) is 1. The summed E-state index contributed by atoms with van der Waals surface area (Å²) in [6.45, 7) is 2.50. The molecule has 2 rings (SSSR count). The smallest absolute Gasteiger partial charge is 0.370 e. The van der Waals surface area contributed by atoms with Gasteiger partial charge in [-0.3, -0.25) is 9.59 Å². The molecular formula is C21H27NO7S. The monoisotopic (exact) mass is 437 g/mol. The Morgan fingerprint density at radius 3 is 2.33 bits per heavy atom. The summed E-state index contributed by atoms with van der Waals surface area (Å²) in [5.74, 6) is -2.39. The number of benzene rings is 1. The lowest BCUT2D eigenvalue weighted by molar-refractivity contribution is -0.157. The third kappa shape index (κ3) is 7.05. The zero-order valence-corrected chi connectivity index (χ0v) is 17.9. The number of aliphatic carboxylic acids is 1. The van der Waals surface area contributed by atoms with Gasteiger partial charge in [0.05, 0.1) is 10.7 Å². The van der Waals surface area contributed by atoms with Gasteiger partial charge in [-0.05, 0) is 50.6 Å². The van der Waals surface area contributed by atoms with E-state index in [0.717, 1.165) is 32.1 Å². The number of thioether (sulfide) groups is 1. The quantitative estimate of drug-likeness (QED) is 0.468. The zero-order valence-electron chi connectivity index (χ0n) is 17.1. The largest absolute Gasteiger partial charge is 0.480 e. The summed E-state index contributed by atoms with van der Waals surface area (Å²) >= 11 is 0.615. The minimum Gasteiger partial charge on any atom is -0.480 e. The second kappa shape index (κ2) is 11.0. The van der Waals surface area contributed by atoms with Gasteiger partial charge in [-0.1, -0.05) is 37.5 Å². The minimum atomic E-state index is -1.35. The third-order valence-corrected chi connectivity index (χ3v) is 5.96. The van der Waals surface area contributed by atoms with Crippen molar-refractivity contribution < 1.29 is 33.8 Å². The van der Waals surface area contributed by atoms with Crippen LogP contribution in [0.1, 0.15) is 56.3 Å². The number of ether oxygens (including phenoxy) is 2. The highest BCUT2D eigenvalue weighted by atomic mass is 32.2. The molecule has 0 radical (unpaired) electrons. The number of hydrogen-bond donors (Lipinski definition) is 2. The van der Waals surface area contributed by atoms with E-state index in [1.807, 2.05) is 0 Å². The fraction of sp³-hybridized carbons (Fsp3) is 0.524. The summed E-state index contributed by atoms with van der Waals surface area (Å²) in [5, 5.41) is 11.2. The molecule has 1 saturated carbocycles. The summed E-state index contributed by atoms with van der Waals surface area (Å²) in [6.07, 6.45) is 4.62. The van der Waals surface area contributed by atoms with Gasteiger partial charge in [-0.2, -0.15) is 0 Å². The number of carboxylic acids is 1. The van der Waals surface area contributed by atoms with Crippen molar-refractivity contribution in [2.75, 3.05) is 6.79 Å². The normalized spacial score (nSPS) is 15.7. The van der Waals surface area contributed by atoms with Crippen LogP contribution in [0.2, 0.25) is 0 Å². The first-order valence-corrected chi connectivity index (χ1v) is 10.6. The summed E-state index contributed by atoms with van der Waals surface area (Å²) in [5.41, 5.74) is 0.307. The van der Waals surface area contributed by atoms with Gasteiger partial charge in [0, 0.05) is 5.56 Å². The predicted molar refractivity (Wildman–Crippen MR) is 111 cm³/mol. The summed E-state index contributed by atoms with van der Waals surface area (Å²) in [6, 6.07) is 6.83. The molecule has 0 saturated heterocycles. The Bertz CT molecular complexity index is 760. The molecule has 1 aliphatic rings. The van der Waals surface area contributed by atoms with Crippen LogP contribution >= 0.6 is 11.8 Å². The second-order valence-corrected chi connectivity index (χ2v) is 9.22. The maximum absolute atomic E-state index is 12.3. The average Bonchev–Trinajstić information content (AvgIpc) is 2.72. The molecule has 0 bridgehead atoms. The van der Waals surface area contributed by atoms with E-state index in [1.54, 1.807) is 30.3 Å². The molecule has 9 heteroatoms. The lowest BCUT2D eigenvalue weighted by atomic mass is 9.89. The van der Waals surface area contributed by atoms with Crippen LogP contribution in [0.3, 0.4) is 0 Å². The van der Waals surface area contributed by atoms with Crippen molar-refractivity contribution in [2.45, 2.75) is 56.7 Å². The fourth-order valence-electron chi connectivity index (χ4n) is 3.23. The molecule has 8 nitrogen and oxygen atoms in total. The molecule has 0 aliphatic heterocycles. The number of carboxylic acid groups (broad SMARTS) is 1. The van der Waals surface area contributed by atoms with Crippen LogP contribution in [0.15, 0.2) is 30.3 Å². The maximum Gasteiger partial charge on any atom is 0.370 e. The summed E-state index contributed by atoms with van der Waals surface area (Å²) in [4.78, 5) is 48.2. The Morgan fingerprint density at radius 1 is 1.10 bits per heavy atom. The van der Waals surface area contributed by atoms with Crippen LogP contribution in [0, 0.1) is 5.92 Å². The molecule has 1 aromatic carbocycles. The van der Waals surface area contributed by atoms with Crippen molar-refractivity contribution in [2.24, 2.45) is 5.92 Å². The average molecular weight is 438 g/mol. The molecule has 0 spiro atoms. The standard InChI is InChI=1S/C21H27NO7S/c1-21(2,16(18(24)25)22-17(23)14-9-5-3-6-10-14)30-20(27)29-13-28-19(26)15-11-7-4-8-12-15/h3,5-6,9-10,15-16H,4,7-8,11-13H2,1-2H3,(H,22,23)(H,24,25)/t16-/m0/s1. The molecule has 1 amide bonds. The highest BCUT2D eigenvalue weighted by Crippen LogP contribution is 2.31. The van der Waals surface area contributed by atoms with Crippen molar-refractivity contribution in [1.82, 2.24) is 5.32 Å². The number of hydrogen-bond acceptors (Lipinski definition) is 7. The van der Waals surface area contributed by atoms with Gasteiger partial charge >= 0.3 is 17.2 Å². The third-order valence-electron chi connectivity index (χ3n) is 4.92. The van der Waals surface area contributed by atoms with Gasteiger partial charge < -0.3 is 19.9 Å². The van der Waals surface area contributed by atoms with Gasteiger partial charge in [0.1, 0.15) is 6.04 Å². The minimum absolute atomic E-state index is 0.161. The van der Waals surface area contributed by atoms with Crippen LogP contribution in [-0.2, 0) is 19.1 Å². The van der Waals surface area contributed by atoms with Crippen molar-refractivity contribution in [3.63, 3.8) is 0 Å². The predicted octanol–water partition coefficient (Wildman–Crippen LogP) is 3.60. The first-order chi connectivity index (χ1) is 14.2. The maximum atomic E-state index is 12.3. The Labute approximate surface area is 179 Å². The number of carbonyl (C=O) groups excluding carboxylic acids is 3. The van der Waals surface area contributed by atoms with Crippen molar-refractivity contribution >= 4 is 34.9 Å². The fourth-order valence-corrected chi connectivity index (χ4v) is 4.05. The van der Waals surface area contributed by atoms with Crippen LogP contribution in [-0.4, -0.2) is 45.8 Å². The van der Waals surface area contributed by atoms with Crippen molar-refractivity contribution in [3.05, 3.63) is 35.9 Å². The van der Waals surface area contributed by atoms with Gasteiger partial charge in [-0.15, -0.1) is 0 Å². The van der Waals surface area contributed by atoms with Crippen LogP contribution < -0.4 is 5.32 Å². The van der Waals surface area contributed by atoms with E-state index < -0.39 is 34.8 Å². The molecule has 1 aromatic rings. The first-order valence-electron chi connectivity index (χ1n) is 9.82. The highest BCUT2D eigenvalue weighted by Gasteiger charge is 2.40. The van der Waals surface area contributed by atoms with Crippen LogP contribution in [0.25, 0.3) is 0 Å². The first kappa shape index (κ1) is 23.7. The van der Waals surface area contributed by atoms with E-state index in [9.17, 15) is 24.3 Å². The van der Waals surface area contributed by atoms with E-state index in [0.29, 0.717) is 17.3 Å². The molecule has 2 N–H and O–H groups in total. The van der Waals surface area contributed by atoms with E-state index in [-0.39, 0.29) is 11.9 Å². The van der Waals surface area contributed by atoms with E-state index >= 15 is 0 Å². The summed E-state index contributed by atoms with van der Waals surface area (Å²) < 4.78 is 8.73. The Kier molecular flexibility index (Phi) is 8.71. The Morgan fingerprint density at radius 2 is 1.73 bits per heavy atom. The number of carbonyl (C=O) groups is 4. The second-order valence-electron chi connectivity index (χ2n) is 7.63. The Hall–Kier alpha value is -2.55. The van der Waals surface area contributed by atoms with E-state index in [2.05, 4.69) is 5.32 Å². The van der Waals surface area contributed by atoms with Gasteiger partial charge in [0.25, 0.3) is 5.91 Å². The van der Waals surface area contributed by atoms with Crippen LogP contribution in [0.4, 0.5) is 4.79 Å². The number of amides is 1. The number of rotatable bonds is 8.